The lowest BCUT2D eigenvalue weighted by atomic mass is 10.1. The number of carbonyl (C=O) groups is 1. The van der Waals surface area contributed by atoms with Crippen LogP contribution in [0.1, 0.15) is 25.3 Å². The Hall–Kier alpha value is -2.33. The highest BCUT2D eigenvalue weighted by Gasteiger charge is 2.26. The number of ether oxygens (including phenoxy) is 1. The minimum atomic E-state index is -0.507. The lowest BCUT2D eigenvalue weighted by Crippen LogP contribution is -2.45. The van der Waals surface area contributed by atoms with Crippen molar-refractivity contribution in [3.63, 3.8) is 0 Å². The van der Waals surface area contributed by atoms with E-state index in [0.717, 1.165) is 30.8 Å². The van der Waals surface area contributed by atoms with Crippen LogP contribution < -0.4 is 10.1 Å². The van der Waals surface area contributed by atoms with E-state index >= 15 is 0 Å². The van der Waals surface area contributed by atoms with Crippen molar-refractivity contribution in [3.05, 3.63) is 66.2 Å². The van der Waals surface area contributed by atoms with E-state index in [2.05, 4.69) is 17.4 Å². The molecule has 0 aliphatic carbocycles. The van der Waals surface area contributed by atoms with Gasteiger partial charge in [-0.1, -0.05) is 48.5 Å². The normalized spacial score (nSPS) is 17.9. The smallest absolute Gasteiger partial charge is 0.263 e. The number of para-hydroxylation sites is 1. The first-order valence-corrected chi connectivity index (χ1v) is 9.00. The lowest BCUT2D eigenvalue weighted by Gasteiger charge is -2.28. The van der Waals surface area contributed by atoms with Crippen molar-refractivity contribution in [2.24, 2.45) is 0 Å². The fourth-order valence-electron chi connectivity index (χ4n) is 3.23. The van der Waals surface area contributed by atoms with Crippen molar-refractivity contribution < 1.29 is 9.53 Å². The highest BCUT2D eigenvalue weighted by atomic mass is 16.5. The quantitative estimate of drug-likeness (QED) is 0.843. The summed E-state index contributed by atoms with van der Waals surface area (Å²) in [6.45, 7) is 4.19. The first-order chi connectivity index (χ1) is 12.2. The third-order valence-electron chi connectivity index (χ3n) is 4.53. The van der Waals surface area contributed by atoms with Crippen LogP contribution in [0.4, 0.5) is 0 Å². The lowest BCUT2D eigenvalue weighted by molar-refractivity contribution is -0.139. The SMILES string of the molecule is CC(Oc1ccccc1)C(=O)N(Cc1ccccc1)C[C@H]1CCCN1. The summed E-state index contributed by atoms with van der Waals surface area (Å²) in [6.07, 6.45) is 1.79. The maximum atomic E-state index is 13.0. The van der Waals surface area contributed by atoms with E-state index in [1.807, 2.05) is 60.4 Å². The molecule has 2 aromatic carbocycles. The van der Waals surface area contributed by atoms with Crippen molar-refractivity contribution in [1.82, 2.24) is 10.2 Å². The highest BCUT2D eigenvalue weighted by molar-refractivity contribution is 5.81. The Kier molecular flexibility index (Phi) is 6.07. The minimum Gasteiger partial charge on any atom is -0.481 e. The molecule has 2 atom stereocenters. The van der Waals surface area contributed by atoms with E-state index in [1.54, 1.807) is 0 Å². The number of carbonyl (C=O) groups excluding carboxylic acids is 1. The van der Waals surface area contributed by atoms with Gasteiger partial charge in [0.2, 0.25) is 0 Å². The Morgan fingerprint density at radius 1 is 1.16 bits per heavy atom. The van der Waals surface area contributed by atoms with Gasteiger partial charge in [0.15, 0.2) is 6.10 Å². The summed E-state index contributed by atoms with van der Waals surface area (Å²) >= 11 is 0. The Morgan fingerprint density at radius 2 is 1.84 bits per heavy atom. The molecule has 1 aliphatic heterocycles. The molecule has 4 nitrogen and oxygen atoms in total. The van der Waals surface area contributed by atoms with Crippen molar-refractivity contribution in [1.29, 1.82) is 0 Å². The van der Waals surface area contributed by atoms with Crippen LogP contribution in [0.3, 0.4) is 0 Å². The van der Waals surface area contributed by atoms with Gasteiger partial charge in [-0.05, 0) is 44.0 Å². The molecule has 4 heteroatoms. The van der Waals surface area contributed by atoms with Crippen LogP contribution in [-0.2, 0) is 11.3 Å². The van der Waals surface area contributed by atoms with Gasteiger partial charge < -0.3 is 15.0 Å². The number of benzene rings is 2. The summed E-state index contributed by atoms with van der Waals surface area (Å²) < 4.78 is 5.85. The van der Waals surface area contributed by atoms with E-state index < -0.39 is 6.10 Å². The second kappa shape index (κ2) is 8.67. The third kappa shape index (κ3) is 5.07. The summed E-state index contributed by atoms with van der Waals surface area (Å²) in [5.41, 5.74) is 1.14. The maximum absolute atomic E-state index is 13.0. The highest BCUT2D eigenvalue weighted by Crippen LogP contribution is 2.15. The molecule has 0 bridgehead atoms. The van der Waals surface area contributed by atoms with Gasteiger partial charge in [-0.15, -0.1) is 0 Å². The molecular weight excluding hydrogens is 312 g/mol. The van der Waals surface area contributed by atoms with Crippen LogP contribution in [0.2, 0.25) is 0 Å². The van der Waals surface area contributed by atoms with E-state index in [0.29, 0.717) is 12.6 Å². The average Bonchev–Trinajstić information content (AvgIpc) is 3.15. The van der Waals surface area contributed by atoms with Crippen LogP contribution >= 0.6 is 0 Å². The fourth-order valence-corrected chi connectivity index (χ4v) is 3.23. The van der Waals surface area contributed by atoms with E-state index in [4.69, 9.17) is 4.74 Å². The molecule has 1 heterocycles. The minimum absolute atomic E-state index is 0.0291. The Labute approximate surface area is 149 Å². The fraction of sp³-hybridized carbons (Fsp3) is 0.381. The second-order valence-corrected chi connectivity index (χ2v) is 6.57. The molecule has 0 saturated carbocycles. The predicted molar refractivity (Wildman–Crippen MR) is 99.4 cm³/mol. The van der Waals surface area contributed by atoms with Gasteiger partial charge in [-0.25, -0.2) is 0 Å². The van der Waals surface area contributed by atoms with Gasteiger partial charge in [-0.3, -0.25) is 4.79 Å². The van der Waals surface area contributed by atoms with E-state index in [1.165, 1.54) is 6.42 Å². The number of nitrogens with zero attached hydrogens (tertiary/aromatic N) is 1. The number of amides is 1. The Balaban J connectivity index is 1.68. The second-order valence-electron chi connectivity index (χ2n) is 6.57. The summed E-state index contributed by atoms with van der Waals surface area (Å²) in [5, 5.41) is 3.48. The molecule has 132 valence electrons. The zero-order chi connectivity index (χ0) is 17.5. The molecule has 3 rings (SSSR count). The monoisotopic (exact) mass is 338 g/mol. The summed E-state index contributed by atoms with van der Waals surface area (Å²) in [7, 11) is 0. The van der Waals surface area contributed by atoms with Crippen molar-refractivity contribution >= 4 is 5.91 Å². The maximum Gasteiger partial charge on any atom is 0.263 e. The molecule has 1 fully saturated rings. The van der Waals surface area contributed by atoms with Gasteiger partial charge in [0.05, 0.1) is 0 Å². The molecule has 1 saturated heterocycles. The van der Waals surface area contributed by atoms with Gasteiger partial charge >= 0.3 is 0 Å². The number of rotatable bonds is 7. The van der Waals surface area contributed by atoms with Crippen molar-refractivity contribution in [2.45, 2.75) is 38.5 Å². The van der Waals surface area contributed by atoms with Gasteiger partial charge in [-0.2, -0.15) is 0 Å². The van der Waals surface area contributed by atoms with Gasteiger partial charge in [0.25, 0.3) is 5.91 Å². The first kappa shape index (κ1) is 17.5. The number of nitrogens with one attached hydrogen (secondary N) is 1. The van der Waals surface area contributed by atoms with Gasteiger partial charge in [0.1, 0.15) is 5.75 Å². The Bertz CT molecular complexity index is 654. The Morgan fingerprint density at radius 3 is 2.48 bits per heavy atom. The molecule has 0 spiro atoms. The molecular formula is C21H26N2O2. The zero-order valence-electron chi connectivity index (χ0n) is 14.7. The third-order valence-corrected chi connectivity index (χ3v) is 4.53. The molecule has 1 amide bonds. The van der Waals surface area contributed by atoms with Crippen LogP contribution in [0, 0.1) is 0 Å². The molecule has 0 aromatic heterocycles. The molecule has 2 aromatic rings. The predicted octanol–water partition coefficient (Wildman–Crippen LogP) is 3.23. The topological polar surface area (TPSA) is 41.6 Å². The van der Waals surface area contributed by atoms with Crippen LogP contribution in [0.15, 0.2) is 60.7 Å². The number of hydrogen-bond acceptors (Lipinski definition) is 3. The van der Waals surface area contributed by atoms with Crippen LogP contribution in [-0.4, -0.2) is 36.0 Å². The molecule has 0 radical (unpaired) electrons. The summed E-state index contributed by atoms with van der Waals surface area (Å²) in [5.74, 6) is 0.753. The van der Waals surface area contributed by atoms with Crippen LogP contribution in [0.5, 0.6) is 5.75 Å². The molecule has 25 heavy (non-hydrogen) atoms. The first-order valence-electron chi connectivity index (χ1n) is 9.00. The van der Waals surface area contributed by atoms with E-state index in [-0.39, 0.29) is 5.91 Å². The standard InChI is InChI=1S/C21H26N2O2/c1-17(25-20-12-6-3-7-13-20)21(24)23(16-19-11-8-14-22-19)15-18-9-4-2-5-10-18/h2-7,9-10,12-13,17,19,22H,8,11,14-16H2,1H3/t17?,19-/m1/s1. The van der Waals surface area contributed by atoms with Gasteiger partial charge in [0, 0.05) is 19.1 Å². The van der Waals surface area contributed by atoms with Crippen molar-refractivity contribution in [2.75, 3.05) is 13.1 Å². The van der Waals surface area contributed by atoms with Crippen molar-refractivity contribution in [3.8, 4) is 5.75 Å². The summed E-state index contributed by atoms with van der Waals surface area (Å²) in [6, 6.07) is 20.0. The van der Waals surface area contributed by atoms with E-state index in [9.17, 15) is 4.79 Å². The summed E-state index contributed by atoms with van der Waals surface area (Å²) in [4.78, 5) is 14.9. The average molecular weight is 338 g/mol. The zero-order valence-corrected chi connectivity index (χ0v) is 14.7. The molecule has 1 unspecified atom stereocenters. The molecule has 1 aliphatic rings. The largest absolute Gasteiger partial charge is 0.481 e. The van der Waals surface area contributed by atoms with Crippen LogP contribution in [0.25, 0.3) is 0 Å². The number of hydrogen-bond donors (Lipinski definition) is 1. The molecule has 1 N–H and O–H groups in total.